The van der Waals surface area contributed by atoms with Gasteiger partial charge in [0.05, 0.1) is 5.92 Å². The van der Waals surface area contributed by atoms with Crippen LogP contribution in [0.3, 0.4) is 0 Å². The van der Waals surface area contributed by atoms with E-state index in [0.717, 1.165) is 19.4 Å². The van der Waals surface area contributed by atoms with Gasteiger partial charge in [-0.1, -0.05) is 0 Å². The molecule has 3 nitrogen and oxygen atoms in total. The third-order valence-electron chi connectivity index (χ3n) is 1.67. The van der Waals surface area contributed by atoms with E-state index in [1.165, 1.54) is 0 Å². The summed E-state index contributed by atoms with van der Waals surface area (Å²) in [4.78, 5) is 10.4. The molecule has 0 aliphatic carbocycles. The molecule has 1 saturated heterocycles. The number of rotatable bonds is 1. The van der Waals surface area contributed by atoms with Gasteiger partial charge in [0.25, 0.3) is 0 Å². The van der Waals surface area contributed by atoms with Crippen molar-refractivity contribution in [2.75, 3.05) is 13.1 Å². The zero-order valence-electron chi connectivity index (χ0n) is 5.31. The lowest BCUT2D eigenvalue weighted by molar-refractivity contribution is -0.122. The van der Waals surface area contributed by atoms with Gasteiger partial charge in [0, 0.05) is 6.54 Å². The molecule has 1 aliphatic heterocycles. The molecular weight excluding hydrogens is 116 g/mol. The Morgan fingerprint density at radius 2 is 2.44 bits per heavy atom. The lowest BCUT2D eigenvalue weighted by atomic mass is 9.99. The topological polar surface area (TPSA) is 52.9 Å². The minimum atomic E-state index is -0.415. The fourth-order valence-corrected chi connectivity index (χ4v) is 1.08. The van der Waals surface area contributed by atoms with Crippen molar-refractivity contribution >= 4 is 5.91 Å². The van der Waals surface area contributed by atoms with Crippen LogP contribution >= 0.6 is 0 Å². The van der Waals surface area contributed by atoms with Crippen LogP contribution in [0.5, 0.6) is 0 Å². The Labute approximate surface area is 54.6 Å². The van der Waals surface area contributed by atoms with Crippen molar-refractivity contribution in [3.8, 4) is 0 Å². The Balaban J connectivity index is 2.31. The predicted octanol–water partition coefficient (Wildman–Crippen LogP) is -0.205. The summed E-state index contributed by atoms with van der Waals surface area (Å²) >= 11 is 0. The molecule has 1 radical (unpaired) electrons. The molecule has 0 aromatic rings. The summed E-state index contributed by atoms with van der Waals surface area (Å²) in [6.07, 6.45) is 1.94. The maximum absolute atomic E-state index is 10.4. The highest BCUT2D eigenvalue weighted by atomic mass is 16.1. The lowest BCUT2D eigenvalue weighted by Crippen LogP contribution is -2.34. The molecule has 0 spiro atoms. The van der Waals surface area contributed by atoms with E-state index in [1.807, 2.05) is 0 Å². The van der Waals surface area contributed by atoms with Crippen molar-refractivity contribution in [3.05, 3.63) is 0 Å². The number of hydrogen-bond donors (Lipinski definition) is 1. The average Bonchev–Trinajstić information content (AvgIpc) is 1.90. The van der Waals surface area contributed by atoms with E-state index in [9.17, 15) is 4.79 Å². The van der Waals surface area contributed by atoms with Gasteiger partial charge in [-0.15, -0.1) is 0 Å². The molecule has 0 aromatic carbocycles. The lowest BCUT2D eigenvalue weighted by Gasteiger charge is -2.18. The van der Waals surface area contributed by atoms with Gasteiger partial charge in [-0.25, -0.2) is 0 Å². The first-order valence-corrected chi connectivity index (χ1v) is 3.27. The van der Waals surface area contributed by atoms with Crippen LogP contribution in [-0.4, -0.2) is 19.0 Å². The smallest absolute Gasteiger partial charge is 0.242 e. The molecule has 0 aromatic heterocycles. The summed E-state index contributed by atoms with van der Waals surface area (Å²) < 4.78 is 0. The van der Waals surface area contributed by atoms with Crippen LogP contribution in [0, 0.1) is 5.92 Å². The highest BCUT2D eigenvalue weighted by molar-refractivity contribution is 5.76. The fraction of sp³-hybridized carbons (Fsp3) is 0.833. The highest BCUT2D eigenvalue weighted by Crippen LogP contribution is 2.08. The Morgan fingerprint density at radius 1 is 1.67 bits per heavy atom. The summed E-state index contributed by atoms with van der Waals surface area (Å²) in [6.45, 7) is 1.71. The molecule has 1 aliphatic rings. The Bertz CT molecular complexity index is 108. The van der Waals surface area contributed by atoms with Crippen molar-refractivity contribution in [1.82, 2.24) is 11.1 Å². The second kappa shape index (κ2) is 2.82. The first-order valence-electron chi connectivity index (χ1n) is 3.27. The monoisotopic (exact) mass is 127 g/mol. The summed E-state index contributed by atoms with van der Waals surface area (Å²) in [7, 11) is 0. The second-order valence-electron chi connectivity index (χ2n) is 2.41. The third kappa shape index (κ3) is 1.68. The van der Waals surface area contributed by atoms with E-state index in [-0.39, 0.29) is 5.92 Å². The quantitative estimate of drug-likeness (QED) is 0.530. The minimum Gasteiger partial charge on any atom is -0.316 e. The Kier molecular flexibility index (Phi) is 2.05. The van der Waals surface area contributed by atoms with Gasteiger partial charge in [0.15, 0.2) is 0 Å². The van der Waals surface area contributed by atoms with Crippen LogP contribution < -0.4 is 11.1 Å². The molecule has 2 N–H and O–H groups in total. The third-order valence-corrected chi connectivity index (χ3v) is 1.67. The molecule has 1 heterocycles. The number of piperidine rings is 1. The molecule has 1 amide bonds. The van der Waals surface area contributed by atoms with E-state index < -0.39 is 5.91 Å². The first-order chi connectivity index (χ1) is 4.30. The van der Waals surface area contributed by atoms with Crippen molar-refractivity contribution in [3.63, 3.8) is 0 Å². The van der Waals surface area contributed by atoms with Gasteiger partial charge in [-0.2, -0.15) is 0 Å². The maximum atomic E-state index is 10.4. The molecule has 1 atom stereocenters. The van der Waals surface area contributed by atoms with E-state index in [2.05, 4.69) is 5.32 Å². The second-order valence-corrected chi connectivity index (χ2v) is 2.41. The van der Waals surface area contributed by atoms with Crippen molar-refractivity contribution < 1.29 is 4.79 Å². The van der Waals surface area contributed by atoms with Gasteiger partial charge in [-0.3, -0.25) is 10.5 Å². The predicted molar refractivity (Wildman–Crippen MR) is 33.7 cm³/mol. The molecular formula is C6H11N2O. The van der Waals surface area contributed by atoms with Gasteiger partial charge in [0.2, 0.25) is 5.91 Å². The molecule has 1 rings (SSSR count). The van der Waals surface area contributed by atoms with Gasteiger partial charge < -0.3 is 5.32 Å². The standard InChI is InChI=1S/C6H11N2O/c7-6(9)5-2-1-3-8-4-5/h5,7-8H,1-4H2. The van der Waals surface area contributed by atoms with E-state index in [1.54, 1.807) is 0 Å². The van der Waals surface area contributed by atoms with Crippen LogP contribution in [0.15, 0.2) is 0 Å². The zero-order chi connectivity index (χ0) is 6.69. The largest absolute Gasteiger partial charge is 0.316 e. The van der Waals surface area contributed by atoms with Crippen LogP contribution in [-0.2, 0) is 4.79 Å². The normalized spacial score (nSPS) is 27.8. The summed E-state index contributed by atoms with van der Waals surface area (Å²) in [6, 6.07) is 0. The summed E-state index contributed by atoms with van der Waals surface area (Å²) in [5.74, 6) is -0.444. The van der Waals surface area contributed by atoms with Crippen LogP contribution in [0.1, 0.15) is 12.8 Å². The van der Waals surface area contributed by atoms with E-state index >= 15 is 0 Å². The molecule has 9 heavy (non-hydrogen) atoms. The maximum Gasteiger partial charge on any atom is 0.242 e. The van der Waals surface area contributed by atoms with Crippen molar-refractivity contribution in [2.45, 2.75) is 12.8 Å². The van der Waals surface area contributed by atoms with Gasteiger partial charge >= 0.3 is 0 Å². The number of carbonyl (C=O) groups excluding carboxylic acids is 1. The highest BCUT2D eigenvalue weighted by Gasteiger charge is 2.17. The van der Waals surface area contributed by atoms with Crippen LogP contribution in [0.4, 0.5) is 0 Å². The Morgan fingerprint density at radius 3 is 2.78 bits per heavy atom. The minimum absolute atomic E-state index is 0.0289. The summed E-state index contributed by atoms with van der Waals surface area (Å²) in [5.41, 5.74) is 6.79. The van der Waals surface area contributed by atoms with Crippen LogP contribution in [0.2, 0.25) is 0 Å². The van der Waals surface area contributed by atoms with E-state index in [4.69, 9.17) is 5.73 Å². The Hall–Kier alpha value is -0.570. The van der Waals surface area contributed by atoms with Crippen molar-refractivity contribution in [1.29, 1.82) is 0 Å². The average molecular weight is 127 g/mol. The molecule has 3 heteroatoms. The number of amides is 1. The van der Waals surface area contributed by atoms with Crippen LogP contribution in [0.25, 0.3) is 0 Å². The SMILES string of the molecule is [NH]C(=O)C1CCCNC1. The van der Waals surface area contributed by atoms with E-state index in [0.29, 0.717) is 6.54 Å². The molecule has 51 valence electrons. The first kappa shape index (κ1) is 6.55. The molecule has 0 bridgehead atoms. The van der Waals surface area contributed by atoms with Gasteiger partial charge in [0.1, 0.15) is 0 Å². The van der Waals surface area contributed by atoms with Crippen molar-refractivity contribution in [2.24, 2.45) is 5.92 Å². The molecule has 1 fully saturated rings. The molecule has 1 unspecified atom stereocenters. The summed E-state index contributed by atoms with van der Waals surface area (Å²) in [5, 5.41) is 3.08. The zero-order valence-corrected chi connectivity index (χ0v) is 5.31. The number of carbonyl (C=O) groups is 1. The molecule has 0 saturated carbocycles. The number of hydrogen-bond acceptors (Lipinski definition) is 2. The number of nitrogens with one attached hydrogen (secondary N) is 2. The fourth-order valence-electron chi connectivity index (χ4n) is 1.08. The van der Waals surface area contributed by atoms with Gasteiger partial charge in [-0.05, 0) is 19.4 Å².